The zero-order chi connectivity index (χ0) is 12.3. The number of aromatic nitrogens is 1. The number of ketones is 1. The van der Waals surface area contributed by atoms with Gasteiger partial charge in [-0.15, -0.1) is 0 Å². The minimum Gasteiger partial charge on any atom is -0.370 e. The van der Waals surface area contributed by atoms with Gasteiger partial charge in [-0.2, -0.15) is 0 Å². The van der Waals surface area contributed by atoms with E-state index in [4.69, 9.17) is 0 Å². The van der Waals surface area contributed by atoms with Gasteiger partial charge in [-0.1, -0.05) is 13.8 Å². The molecule has 1 unspecified atom stereocenters. The van der Waals surface area contributed by atoms with E-state index in [0.717, 1.165) is 5.69 Å². The summed E-state index contributed by atoms with van der Waals surface area (Å²) in [5, 5.41) is 0. The van der Waals surface area contributed by atoms with E-state index in [9.17, 15) is 4.79 Å². The van der Waals surface area contributed by atoms with Crippen LogP contribution in [0.3, 0.4) is 0 Å². The SMILES string of the molecule is CC(=O)c1ccc(N(C)C(C)C(C)C)cn1. The Morgan fingerprint density at radius 3 is 2.31 bits per heavy atom. The van der Waals surface area contributed by atoms with E-state index in [1.54, 1.807) is 12.3 Å². The Bertz CT molecular complexity index is 357. The van der Waals surface area contributed by atoms with E-state index in [2.05, 4.69) is 37.7 Å². The summed E-state index contributed by atoms with van der Waals surface area (Å²) in [4.78, 5) is 17.4. The maximum atomic E-state index is 11.1. The molecule has 88 valence electrons. The van der Waals surface area contributed by atoms with Gasteiger partial charge in [0.05, 0.1) is 11.9 Å². The molecule has 3 heteroatoms. The number of pyridine rings is 1. The first-order valence-corrected chi connectivity index (χ1v) is 5.63. The molecule has 0 amide bonds. The Kier molecular flexibility index (Phi) is 4.05. The van der Waals surface area contributed by atoms with Gasteiger partial charge in [0.1, 0.15) is 5.69 Å². The average Bonchev–Trinajstić information content (AvgIpc) is 2.27. The fourth-order valence-corrected chi connectivity index (χ4v) is 1.49. The molecule has 1 aromatic rings. The molecule has 0 saturated carbocycles. The van der Waals surface area contributed by atoms with Crippen LogP contribution in [0.2, 0.25) is 0 Å². The quantitative estimate of drug-likeness (QED) is 0.731. The predicted octanol–water partition coefficient (Wildman–Crippen LogP) is 2.76. The van der Waals surface area contributed by atoms with Crippen molar-refractivity contribution < 1.29 is 4.79 Å². The molecule has 3 nitrogen and oxygen atoms in total. The minimum atomic E-state index is 0.00566. The van der Waals surface area contributed by atoms with Gasteiger partial charge in [-0.05, 0) is 25.0 Å². The van der Waals surface area contributed by atoms with Crippen LogP contribution in [0.25, 0.3) is 0 Å². The van der Waals surface area contributed by atoms with Crippen LogP contribution in [-0.2, 0) is 0 Å². The molecule has 0 fully saturated rings. The molecule has 0 N–H and O–H groups in total. The Morgan fingerprint density at radius 2 is 1.94 bits per heavy atom. The molecule has 0 radical (unpaired) electrons. The van der Waals surface area contributed by atoms with Crippen LogP contribution in [0.5, 0.6) is 0 Å². The minimum absolute atomic E-state index is 0.00566. The number of anilines is 1. The lowest BCUT2D eigenvalue weighted by Gasteiger charge is -2.29. The van der Waals surface area contributed by atoms with Crippen molar-refractivity contribution in [1.29, 1.82) is 0 Å². The summed E-state index contributed by atoms with van der Waals surface area (Å²) in [7, 11) is 2.05. The molecule has 0 aliphatic carbocycles. The Morgan fingerprint density at radius 1 is 1.31 bits per heavy atom. The second kappa shape index (κ2) is 5.10. The fourth-order valence-electron chi connectivity index (χ4n) is 1.49. The number of Topliss-reactive ketones (excluding diaryl/α,β-unsaturated/α-hetero) is 1. The number of carbonyl (C=O) groups excluding carboxylic acids is 1. The van der Waals surface area contributed by atoms with Gasteiger partial charge < -0.3 is 4.90 Å². The van der Waals surface area contributed by atoms with Gasteiger partial charge in [0.15, 0.2) is 5.78 Å². The van der Waals surface area contributed by atoms with Crippen LogP contribution in [0.1, 0.15) is 38.2 Å². The third kappa shape index (κ3) is 2.81. The van der Waals surface area contributed by atoms with Crippen LogP contribution in [0.4, 0.5) is 5.69 Å². The highest BCUT2D eigenvalue weighted by atomic mass is 16.1. The number of carbonyl (C=O) groups is 1. The first-order chi connectivity index (χ1) is 7.43. The highest BCUT2D eigenvalue weighted by molar-refractivity contribution is 5.92. The molecule has 0 aromatic carbocycles. The highest BCUT2D eigenvalue weighted by Gasteiger charge is 2.14. The number of nitrogens with zero attached hydrogens (tertiary/aromatic N) is 2. The van der Waals surface area contributed by atoms with Crippen molar-refractivity contribution in [2.45, 2.75) is 33.7 Å². The normalized spacial score (nSPS) is 12.6. The van der Waals surface area contributed by atoms with E-state index in [-0.39, 0.29) is 5.78 Å². The van der Waals surface area contributed by atoms with Crippen LogP contribution >= 0.6 is 0 Å². The lowest BCUT2D eigenvalue weighted by Crippen LogP contribution is -2.33. The second-order valence-corrected chi connectivity index (χ2v) is 4.55. The summed E-state index contributed by atoms with van der Waals surface area (Å²) >= 11 is 0. The van der Waals surface area contributed by atoms with Gasteiger partial charge in [0.2, 0.25) is 0 Å². The van der Waals surface area contributed by atoms with Crippen LogP contribution < -0.4 is 4.90 Å². The van der Waals surface area contributed by atoms with E-state index in [1.807, 2.05) is 6.07 Å². The first-order valence-electron chi connectivity index (χ1n) is 5.63. The van der Waals surface area contributed by atoms with Gasteiger partial charge in [0.25, 0.3) is 0 Å². The smallest absolute Gasteiger partial charge is 0.178 e. The summed E-state index contributed by atoms with van der Waals surface area (Å²) in [6.07, 6.45) is 1.76. The monoisotopic (exact) mass is 220 g/mol. The lowest BCUT2D eigenvalue weighted by atomic mass is 10.0. The number of rotatable bonds is 4. The predicted molar refractivity (Wildman–Crippen MR) is 66.9 cm³/mol. The molecular formula is C13H20N2O. The van der Waals surface area contributed by atoms with Crippen LogP contribution in [0, 0.1) is 5.92 Å². The van der Waals surface area contributed by atoms with Crippen molar-refractivity contribution in [2.24, 2.45) is 5.92 Å². The van der Waals surface area contributed by atoms with Crippen LogP contribution in [0.15, 0.2) is 18.3 Å². The summed E-state index contributed by atoms with van der Waals surface area (Å²) in [6, 6.07) is 4.18. The highest BCUT2D eigenvalue weighted by Crippen LogP contribution is 2.18. The van der Waals surface area contributed by atoms with Crippen molar-refractivity contribution in [3.8, 4) is 0 Å². The van der Waals surface area contributed by atoms with Crippen molar-refractivity contribution in [3.05, 3.63) is 24.0 Å². The molecule has 0 saturated heterocycles. The van der Waals surface area contributed by atoms with Crippen molar-refractivity contribution >= 4 is 11.5 Å². The molecule has 0 aliphatic rings. The summed E-state index contributed by atoms with van der Waals surface area (Å²) in [5.41, 5.74) is 1.57. The Hall–Kier alpha value is -1.38. The second-order valence-electron chi connectivity index (χ2n) is 4.55. The molecule has 16 heavy (non-hydrogen) atoms. The van der Waals surface area contributed by atoms with E-state index < -0.39 is 0 Å². The number of hydrogen-bond donors (Lipinski definition) is 0. The van der Waals surface area contributed by atoms with Crippen molar-refractivity contribution in [1.82, 2.24) is 4.98 Å². The molecule has 1 rings (SSSR count). The first kappa shape index (κ1) is 12.7. The Labute approximate surface area is 97.5 Å². The average molecular weight is 220 g/mol. The van der Waals surface area contributed by atoms with Gasteiger partial charge in [0, 0.05) is 20.0 Å². The molecular weight excluding hydrogens is 200 g/mol. The van der Waals surface area contributed by atoms with Crippen molar-refractivity contribution in [3.63, 3.8) is 0 Å². The van der Waals surface area contributed by atoms with Crippen molar-refractivity contribution in [2.75, 3.05) is 11.9 Å². The van der Waals surface area contributed by atoms with E-state index >= 15 is 0 Å². The largest absolute Gasteiger partial charge is 0.370 e. The standard InChI is InChI=1S/C13H20N2O/c1-9(2)10(3)15(5)12-6-7-13(11(4)16)14-8-12/h6-10H,1-5H3. The fraction of sp³-hybridized carbons (Fsp3) is 0.538. The summed E-state index contributed by atoms with van der Waals surface area (Å²) in [6.45, 7) is 8.10. The maximum Gasteiger partial charge on any atom is 0.178 e. The molecule has 1 heterocycles. The molecule has 0 aliphatic heterocycles. The van der Waals surface area contributed by atoms with Gasteiger partial charge in [-0.3, -0.25) is 9.78 Å². The Balaban J connectivity index is 2.85. The van der Waals surface area contributed by atoms with E-state index in [0.29, 0.717) is 17.7 Å². The molecule has 1 atom stereocenters. The molecule has 1 aromatic heterocycles. The lowest BCUT2D eigenvalue weighted by molar-refractivity contribution is 0.101. The number of hydrogen-bond acceptors (Lipinski definition) is 3. The third-order valence-electron chi connectivity index (χ3n) is 3.09. The summed E-state index contributed by atoms with van der Waals surface area (Å²) < 4.78 is 0. The molecule has 0 bridgehead atoms. The van der Waals surface area contributed by atoms with Gasteiger partial charge in [-0.25, -0.2) is 0 Å². The topological polar surface area (TPSA) is 33.2 Å². The summed E-state index contributed by atoms with van der Waals surface area (Å²) in [5.74, 6) is 0.587. The molecule has 0 spiro atoms. The third-order valence-corrected chi connectivity index (χ3v) is 3.09. The zero-order valence-electron chi connectivity index (χ0n) is 10.7. The van der Waals surface area contributed by atoms with Gasteiger partial charge >= 0.3 is 0 Å². The maximum absolute atomic E-state index is 11.1. The van der Waals surface area contributed by atoms with E-state index in [1.165, 1.54) is 6.92 Å². The van der Waals surface area contributed by atoms with Crippen LogP contribution in [-0.4, -0.2) is 23.9 Å². The zero-order valence-corrected chi connectivity index (χ0v) is 10.7.